The monoisotopic (exact) mass is 303 g/mol. The van der Waals surface area contributed by atoms with E-state index in [9.17, 15) is 0 Å². The number of rotatable bonds is 6. The molecule has 0 aromatic heterocycles. The average Bonchev–Trinajstić information content (AvgIpc) is 2.26. The lowest BCUT2D eigenvalue weighted by Gasteiger charge is -2.20. The first-order chi connectivity index (χ1) is 7.65. The van der Waals surface area contributed by atoms with Crippen molar-refractivity contribution in [1.29, 1.82) is 0 Å². The van der Waals surface area contributed by atoms with Crippen molar-refractivity contribution < 1.29 is 5.11 Å². The summed E-state index contributed by atoms with van der Waals surface area (Å²) in [6.45, 7) is 2.28. The van der Waals surface area contributed by atoms with Crippen LogP contribution in [0.3, 0.4) is 0 Å². The molecule has 16 heavy (non-hydrogen) atoms. The van der Waals surface area contributed by atoms with Crippen LogP contribution >= 0.6 is 27.7 Å². The van der Waals surface area contributed by atoms with Gasteiger partial charge in [0, 0.05) is 22.4 Å². The van der Waals surface area contributed by atoms with Crippen molar-refractivity contribution in [1.82, 2.24) is 0 Å². The van der Waals surface area contributed by atoms with Gasteiger partial charge in [-0.25, -0.2) is 0 Å². The second kappa shape index (κ2) is 7.33. The second-order valence-corrected chi connectivity index (χ2v) is 5.94. The molecule has 2 nitrogen and oxygen atoms in total. The lowest BCUT2D eigenvalue weighted by Crippen LogP contribution is -2.23. The molecular weight excluding hydrogens is 286 g/mol. The van der Waals surface area contributed by atoms with Gasteiger partial charge < -0.3 is 10.8 Å². The van der Waals surface area contributed by atoms with Gasteiger partial charge in [-0.05, 0) is 36.8 Å². The maximum atomic E-state index is 8.77. The Morgan fingerprint density at radius 1 is 1.38 bits per heavy atom. The van der Waals surface area contributed by atoms with E-state index in [4.69, 9.17) is 10.8 Å². The van der Waals surface area contributed by atoms with Gasteiger partial charge >= 0.3 is 0 Å². The van der Waals surface area contributed by atoms with Gasteiger partial charge in [-0.15, -0.1) is 0 Å². The predicted octanol–water partition coefficient (Wildman–Crippen LogP) is 2.95. The molecule has 0 heterocycles. The molecule has 4 heteroatoms. The lowest BCUT2D eigenvalue weighted by molar-refractivity contribution is 0.296. The summed E-state index contributed by atoms with van der Waals surface area (Å²) in [5.74, 6) is 0.943. The Bertz CT molecular complexity index is 302. The zero-order valence-corrected chi connectivity index (χ0v) is 11.8. The Balaban J connectivity index is 2.65. The fourth-order valence-corrected chi connectivity index (χ4v) is 2.95. The highest BCUT2D eigenvalue weighted by molar-refractivity contribution is 9.10. The molecule has 0 aliphatic carbocycles. The fraction of sp³-hybridized carbons (Fsp3) is 0.500. The van der Waals surface area contributed by atoms with Gasteiger partial charge in [0.1, 0.15) is 0 Å². The summed E-state index contributed by atoms with van der Waals surface area (Å²) in [6, 6.07) is 8.40. The van der Waals surface area contributed by atoms with Gasteiger partial charge in [-0.2, -0.15) is 11.8 Å². The molecule has 1 aromatic rings. The summed E-state index contributed by atoms with van der Waals surface area (Å²) in [5, 5.41) is 9.08. The molecule has 0 bridgehead atoms. The Morgan fingerprint density at radius 2 is 2.00 bits per heavy atom. The van der Waals surface area contributed by atoms with Gasteiger partial charge in [0.25, 0.3) is 0 Å². The van der Waals surface area contributed by atoms with Crippen LogP contribution in [0.25, 0.3) is 0 Å². The first-order valence-electron chi connectivity index (χ1n) is 5.38. The normalized spacial score (nSPS) is 14.8. The van der Waals surface area contributed by atoms with E-state index in [1.165, 1.54) is 5.56 Å². The van der Waals surface area contributed by atoms with Crippen LogP contribution in [0.15, 0.2) is 28.7 Å². The molecule has 0 aliphatic rings. The van der Waals surface area contributed by atoms with E-state index in [2.05, 4.69) is 28.1 Å². The molecule has 1 rings (SSSR count). The first kappa shape index (κ1) is 14.0. The highest BCUT2D eigenvalue weighted by Crippen LogP contribution is 2.32. The van der Waals surface area contributed by atoms with Crippen LogP contribution in [0.5, 0.6) is 0 Å². The molecule has 0 saturated heterocycles. The number of aliphatic hydroxyl groups is 1. The minimum Gasteiger partial charge on any atom is -0.396 e. The number of thioether (sulfide) groups is 1. The van der Waals surface area contributed by atoms with Crippen LogP contribution in [-0.4, -0.2) is 23.5 Å². The Kier molecular flexibility index (Phi) is 6.43. The minimum absolute atomic E-state index is 0.116. The Hall–Kier alpha value is -0.0300. The van der Waals surface area contributed by atoms with Gasteiger partial charge in [-0.1, -0.05) is 28.1 Å². The maximum Gasteiger partial charge on any atom is 0.0445 e. The molecule has 1 aromatic carbocycles. The van der Waals surface area contributed by atoms with Crippen molar-refractivity contribution in [2.45, 2.75) is 24.6 Å². The van der Waals surface area contributed by atoms with Crippen molar-refractivity contribution in [2.24, 2.45) is 5.73 Å². The van der Waals surface area contributed by atoms with Crippen molar-refractivity contribution in [3.8, 4) is 0 Å². The van der Waals surface area contributed by atoms with E-state index in [0.717, 1.165) is 16.6 Å². The molecule has 0 aliphatic heterocycles. The van der Waals surface area contributed by atoms with Crippen LogP contribution in [0.1, 0.15) is 24.2 Å². The standard InChI is InChI=1S/C12H18BrNOS/c1-9(14)12(16-8-2-7-15)10-3-5-11(13)6-4-10/h3-6,9,12,15H,2,7-8,14H2,1H3. The van der Waals surface area contributed by atoms with E-state index in [-0.39, 0.29) is 12.6 Å². The SMILES string of the molecule is CC(N)C(SCCCO)c1ccc(Br)cc1. The van der Waals surface area contributed by atoms with Crippen LogP contribution < -0.4 is 5.73 Å². The molecule has 3 N–H and O–H groups in total. The molecule has 2 atom stereocenters. The van der Waals surface area contributed by atoms with Gasteiger partial charge in [0.15, 0.2) is 0 Å². The van der Waals surface area contributed by atoms with Crippen molar-refractivity contribution in [2.75, 3.05) is 12.4 Å². The molecule has 2 unspecified atom stereocenters. The third-order valence-corrected chi connectivity index (χ3v) is 4.39. The van der Waals surface area contributed by atoms with Crippen molar-refractivity contribution in [3.05, 3.63) is 34.3 Å². The van der Waals surface area contributed by atoms with E-state index in [0.29, 0.717) is 5.25 Å². The number of benzene rings is 1. The molecule has 0 fully saturated rings. The number of aliphatic hydroxyl groups excluding tert-OH is 1. The predicted molar refractivity (Wildman–Crippen MR) is 74.7 cm³/mol. The molecule has 0 amide bonds. The molecule has 0 saturated carbocycles. The van der Waals surface area contributed by atoms with Gasteiger partial charge in [0.05, 0.1) is 0 Å². The first-order valence-corrected chi connectivity index (χ1v) is 7.23. The fourth-order valence-electron chi connectivity index (χ4n) is 1.48. The van der Waals surface area contributed by atoms with E-state index < -0.39 is 0 Å². The van der Waals surface area contributed by atoms with E-state index in [1.54, 1.807) is 0 Å². The zero-order chi connectivity index (χ0) is 12.0. The summed E-state index contributed by atoms with van der Waals surface area (Å²) in [5.41, 5.74) is 7.24. The highest BCUT2D eigenvalue weighted by atomic mass is 79.9. The largest absolute Gasteiger partial charge is 0.396 e. The molecule has 0 spiro atoms. The number of hydrogen-bond donors (Lipinski definition) is 2. The summed E-state index contributed by atoms with van der Waals surface area (Å²) >= 11 is 5.24. The quantitative estimate of drug-likeness (QED) is 0.794. The summed E-state index contributed by atoms with van der Waals surface area (Å²) in [7, 11) is 0. The highest BCUT2D eigenvalue weighted by Gasteiger charge is 2.16. The van der Waals surface area contributed by atoms with Crippen LogP contribution in [-0.2, 0) is 0 Å². The topological polar surface area (TPSA) is 46.2 Å². The molecular formula is C12H18BrNOS. The smallest absolute Gasteiger partial charge is 0.0445 e. The lowest BCUT2D eigenvalue weighted by atomic mass is 10.1. The minimum atomic E-state index is 0.116. The van der Waals surface area contributed by atoms with E-state index in [1.807, 2.05) is 30.8 Å². The van der Waals surface area contributed by atoms with Crippen molar-refractivity contribution in [3.63, 3.8) is 0 Å². The molecule has 90 valence electrons. The summed E-state index contributed by atoms with van der Waals surface area (Å²) in [6.07, 6.45) is 0.824. The second-order valence-electron chi connectivity index (χ2n) is 3.78. The van der Waals surface area contributed by atoms with Gasteiger partial charge in [-0.3, -0.25) is 0 Å². The zero-order valence-electron chi connectivity index (χ0n) is 9.40. The number of hydrogen-bond acceptors (Lipinski definition) is 3. The third kappa shape index (κ3) is 4.45. The Labute approximate surface area is 110 Å². The third-order valence-electron chi connectivity index (χ3n) is 2.28. The van der Waals surface area contributed by atoms with Gasteiger partial charge in [0.2, 0.25) is 0 Å². The Morgan fingerprint density at radius 3 is 2.50 bits per heavy atom. The average molecular weight is 304 g/mol. The number of nitrogens with two attached hydrogens (primary N) is 1. The van der Waals surface area contributed by atoms with Crippen LogP contribution in [0.4, 0.5) is 0 Å². The van der Waals surface area contributed by atoms with Crippen molar-refractivity contribution >= 4 is 27.7 Å². The van der Waals surface area contributed by atoms with Crippen LogP contribution in [0.2, 0.25) is 0 Å². The van der Waals surface area contributed by atoms with E-state index >= 15 is 0 Å². The van der Waals surface area contributed by atoms with Crippen LogP contribution in [0, 0.1) is 0 Å². The maximum absolute atomic E-state index is 8.77. The summed E-state index contributed by atoms with van der Waals surface area (Å²) < 4.78 is 1.08. The number of halogens is 1. The summed E-state index contributed by atoms with van der Waals surface area (Å²) in [4.78, 5) is 0. The molecule has 0 radical (unpaired) electrons.